The number of rotatable bonds is 6. The minimum absolute atomic E-state index is 0.366. The number of hydrogen-bond donors (Lipinski definition) is 1. The van der Waals surface area contributed by atoms with E-state index in [9.17, 15) is 5.11 Å². The van der Waals surface area contributed by atoms with Crippen LogP contribution < -0.4 is 0 Å². The molecule has 2 unspecified atom stereocenters. The van der Waals surface area contributed by atoms with E-state index in [0.717, 1.165) is 38.8 Å². The molecule has 0 spiro atoms. The van der Waals surface area contributed by atoms with E-state index in [1.54, 1.807) is 0 Å². The van der Waals surface area contributed by atoms with Gasteiger partial charge in [0.15, 0.2) is 0 Å². The average Bonchev–Trinajstić information content (AvgIpc) is 2.78. The molecule has 0 fully saturated rings. The molecular weight excluding hydrogens is 234 g/mol. The zero-order chi connectivity index (χ0) is 13.9. The second-order valence-corrected chi connectivity index (χ2v) is 5.87. The van der Waals surface area contributed by atoms with Gasteiger partial charge in [0.25, 0.3) is 0 Å². The van der Waals surface area contributed by atoms with Gasteiger partial charge in [-0.25, -0.2) is 0 Å². The molecule has 1 aliphatic carbocycles. The van der Waals surface area contributed by atoms with Gasteiger partial charge in [0.05, 0.1) is 5.60 Å². The number of benzene rings is 1. The zero-order valence-corrected chi connectivity index (χ0v) is 12.5. The first kappa shape index (κ1) is 14.5. The highest BCUT2D eigenvalue weighted by Gasteiger charge is 2.42. The van der Waals surface area contributed by atoms with Crippen LogP contribution in [0.5, 0.6) is 0 Å². The molecule has 0 amide bonds. The Balaban J connectivity index is 2.14. The lowest BCUT2D eigenvalue weighted by Crippen LogP contribution is -2.35. The van der Waals surface area contributed by atoms with Gasteiger partial charge in [0.2, 0.25) is 0 Å². The van der Waals surface area contributed by atoms with Gasteiger partial charge in [0, 0.05) is 0 Å². The Morgan fingerprint density at radius 1 is 1.32 bits per heavy atom. The Morgan fingerprint density at radius 3 is 2.74 bits per heavy atom. The molecule has 1 aliphatic rings. The number of nitrogens with zero attached hydrogens (tertiary/aromatic N) is 1. The number of aliphatic hydroxyl groups is 1. The fourth-order valence-corrected chi connectivity index (χ4v) is 3.36. The zero-order valence-electron chi connectivity index (χ0n) is 12.5. The first-order valence-corrected chi connectivity index (χ1v) is 7.61. The quantitative estimate of drug-likeness (QED) is 0.850. The van der Waals surface area contributed by atoms with E-state index in [1.165, 1.54) is 11.1 Å². The Kier molecular flexibility index (Phi) is 4.64. The molecule has 1 N–H and O–H groups in total. The molecule has 0 saturated heterocycles. The van der Waals surface area contributed by atoms with Crippen molar-refractivity contribution in [1.29, 1.82) is 0 Å². The van der Waals surface area contributed by atoms with Crippen LogP contribution in [-0.2, 0) is 12.0 Å². The Labute approximate surface area is 117 Å². The largest absolute Gasteiger partial charge is 0.385 e. The summed E-state index contributed by atoms with van der Waals surface area (Å²) in [5, 5.41) is 11.2. The van der Waals surface area contributed by atoms with Crippen LogP contribution in [0, 0.1) is 5.92 Å². The van der Waals surface area contributed by atoms with E-state index >= 15 is 0 Å². The molecule has 2 atom stereocenters. The first-order chi connectivity index (χ1) is 9.11. The lowest BCUT2D eigenvalue weighted by molar-refractivity contribution is -0.0301. The van der Waals surface area contributed by atoms with E-state index < -0.39 is 5.60 Å². The molecule has 0 heterocycles. The maximum Gasteiger partial charge on any atom is 0.0930 e. The molecule has 106 valence electrons. The molecule has 1 aromatic rings. The normalized spacial score (nSPS) is 23.6. The van der Waals surface area contributed by atoms with Crippen LogP contribution in [-0.4, -0.2) is 30.1 Å². The predicted octanol–water partition coefficient (Wildman–Crippen LogP) is 3.19. The van der Waals surface area contributed by atoms with Crippen molar-refractivity contribution >= 4 is 0 Å². The van der Waals surface area contributed by atoms with Gasteiger partial charge in [-0.2, -0.15) is 0 Å². The van der Waals surface area contributed by atoms with Gasteiger partial charge >= 0.3 is 0 Å². The third kappa shape index (κ3) is 2.85. The number of fused-ring (bicyclic) bond motifs is 1. The summed E-state index contributed by atoms with van der Waals surface area (Å²) in [6, 6.07) is 8.42. The first-order valence-electron chi connectivity index (χ1n) is 7.61. The highest BCUT2D eigenvalue weighted by molar-refractivity contribution is 5.37. The van der Waals surface area contributed by atoms with Gasteiger partial charge < -0.3 is 10.0 Å². The second kappa shape index (κ2) is 6.06. The molecule has 1 aromatic carbocycles. The van der Waals surface area contributed by atoms with Crippen LogP contribution in [0.15, 0.2) is 24.3 Å². The molecule has 19 heavy (non-hydrogen) atoms. The van der Waals surface area contributed by atoms with E-state index in [0.29, 0.717) is 5.92 Å². The van der Waals surface area contributed by atoms with Crippen molar-refractivity contribution in [3.63, 3.8) is 0 Å². The van der Waals surface area contributed by atoms with Crippen LogP contribution in [0.2, 0.25) is 0 Å². The lowest BCUT2D eigenvalue weighted by atomic mass is 9.79. The molecule has 2 nitrogen and oxygen atoms in total. The van der Waals surface area contributed by atoms with E-state index in [4.69, 9.17) is 0 Å². The summed E-state index contributed by atoms with van der Waals surface area (Å²) in [4.78, 5) is 2.33. The second-order valence-electron chi connectivity index (χ2n) is 5.87. The van der Waals surface area contributed by atoms with Crippen LogP contribution >= 0.6 is 0 Å². The van der Waals surface area contributed by atoms with E-state index in [-0.39, 0.29) is 0 Å². The van der Waals surface area contributed by atoms with Gasteiger partial charge in [-0.1, -0.05) is 44.5 Å². The molecule has 0 bridgehead atoms. The van der Waals surface area contributed by atoms with Crippen LogP contribution in [0.25, 0.3) is 0 Å². The summed E-state index contributed by atoms with van der Waals surface area (Å²) >= 11 is 0. The smallest absolute Gasteiger partial charge is 0.0930 e. The van der Waals surface area contributed by atoms with Gasteiger partial charge in [-0.15, -0.1) is 0 Å². The highest BCUT2D eigenvalue weighted by Crippen LogP contribution is 2.44. The van der Waals surface area contributed by atoms with Crippen LogP contribution in [0.3, 0.4) is 0 Å². The van der Waals surface area contributed by atoms with Crippen molar-refractivity contribution in [3.8, 4) is 0 Å². The highest BCUT2D eigenvalue weighted by atomic mass is 16.3. The Bertz CT molecular complexity index is 417. The minimum Gasteiger partial charge on any atom is -0.385 e. The van der Waals surface area contributed by atoms with Crippen molar-refractivity contribution < 1.29 is 5.11 Å². The Hall–Kier alpha value is -0.860. The standard InChI is InChI=1S/C17H27NO/c1-4-15(11-13-18(3)5-2)17(19)12-10-14-8-6-7-9-16(14)17/h6-9,15,19H,4-5,10-13H2,1-3H3. The van der Waals surface area contributed by atoms with Gasteiger partial charge in [0.1, 0.15) is 0 Å². The van der Waals surface area contributed by atoms with Gasteiger partial charge in [-0.05, 0) is 56.4 Å². The van der Waals surface area contributed by atoms with Crippen LogP contribution in [0.4, 0.5) is 0 Å². The van der Waals surface area contributed by atoms with Crippen molar-refractivity contribution in [2.75, 3.05) is 20.1 Å². The van der Waals surface area contributed by atoms with Crippen LogP contribution in [0.1, 0.15) is 44.2 Å². The third-order valence-electron chi connectivity index (χ3n) is 4.83. The van der Waals surface area contributed by atoms with E-state index in [1.807, 2.05) is 0 Å². The molecule has 2 heteroatoms. The lowest BCUT2D eigenvalue weighted by Gasteiger charge is -2.34. The number of aryl methyl sites for hydroxylation is 1. The molecular formula is C17H27NO. The SMILES string of the molecule is CCC(CCN(C)CC)C1(O)CCc2ccccc21. The summed E-state index contributed by atoms with van der Waals surface area (Å²) < 4.78 is 0. The van der Waals surface area contributed by atoms with E-state index in [2.05, 4.69) is 50.1 Å². The summed E-state index contributed by atoms with van der Waals surface area (Å²) in [6.07, 6.45) is 4.03. The maximum atomic E-state index is 11.2. The maximum absolute atomic E-state index is 11.2. The number of hydrogen-bond acceptors (Lipinski definition) is 2. The van der Waals surface area contributed by atoms with Crippen molar-refractivity contribution in [1.82, 2.24) is 4.90 Å². The molecule has 0 radical (unpaired) electrons. The van der Waals surface area contributed by atoms with Crippen molar-refractivity contribution in [2.45, 2.75) is 45.1 Å². The molecule has 0 saturated carbocycles. The third-order valence-corrected chi connectivity index (χ3v) is 4.83. The monoisotopic (exact) mass is 261 g/mol. The molecule has 0 aromatic heterocycles. The summed E-state index contributed by atoms with van der Waals surface area (Å²) in [5.74, 6) is 0.366. The summed E-state index contributed by atoms with van der Waals surface area (Å²) in [7, 11) is 2.15. The topological polar surface area (TPSA) is 23.5 Å². The average molecular weight is 261 g/mol. The summed E-state index contributed by atoms with van der Waals surface area (Å²) in [6.45, 7) is 6.53. The molecule has 0 aliphatic heterocycles. The summed E-state index contributed by atoms with van der Waals surface area (Å²) in [5.41, 5.74) is 1.92. The fraction of sp³-hybridized carbons (Fsp3) is 0.647. The predicted molar refractivity (Wildman–Crippen MR) is 80.2 cm³/mol. The van der Waals surface area contributed by atoms with Gasteiger partial charge in [-0.3, -0.25) is 0 Å². The fourth-order valence-electron chi connectivity index (χ4n) is 3.36. The minimum atomic E-state index is -0.597. The van der Waals surface area contributed by atoms with Crippen molar-refractivity contribution in [3.05, 3.63) is 35.4 Å². The van der Waals surface area contributed by atoms with Crippen molar-refractivity contribution in [2.24, 2.45) is 5.92 Å². The molecule has 2 rings (SSSR count). The Morgan fingerprint density at radius 2 is 2.05 bits per heavy atom.